The highest BCUT2D eigenvalue weighted by molar-refractivity contribution is 5.94. The highest BCUT2D eigenvalue weighted by Crippen LogP contribution is 2.26. The fourth-order valence-corrected chi connectivity index (χ4v) is 3.29. The Morgan fingerprint density at radius 3 is 3.05 bits per heavy atom. The first-order chi connectivity index (χ1) is 10.7. The van der Waals surface area contributed by atoms with Crippen LogP contribution in [0, 0.1) is 0 Å². The number of H-pyrrole nitrogens is 1. The minimum atomic E-state index is 0.129. The van der Waals surface area contributed by atoms with Crippen molar-refractivity contribution in [3.63, 3.8) is 0 Å². The lowest BCUT2D eigenvalue weighted by Gasteiger charge is -2.40. The molecule has 3 heterocycles. The summed E-state index contributed by atoms with van der Waals surface area (Å²) in [6.45, 7) is 8.05. The fourth-order valence-electron chi connectivity index (χ4n) is 3.29. The largest absolute Gasteiger partial charge is 0.498 e. The first-order valence-electron chi connectivity index (χ1n) is 8.06. The van der Waals surface area contributed by atoms with Gasteiger partial charge in [0.1, 0.15) is 11.6 Å². The lowest BCUT2D eigenvalue weighted by Crippen LogP contribution is -2.51. The summed E-state index contributed by atoms with van der Waals surface area (Å²) in [5.41, 5.74) is 0.842. The standard InChI is InChI=1S/C16H24N4O2/c1-3-19-8-9-20(11-14(19)15-17-6-7-18-15)16(21)13-5-4-10-22-12(13)2/h6-7,14H,3-5,8-11H2,1-2H3,(H,17,18). The van der Waals surface area contributed by atoms with E-state index < -0.39 is 0 Å². The van der Waals surface area contributed by atoms with Crippen molar-refractivity contribution >= 4 is 5.91 Å². The van der Waals surface area contributed by atoms with Crippen LogP contribution in [-0.4, -0.2) is 58.5 Å². The number of carbonyl (C=O) groups excluding carboxylic acids is 1. The van der Waals surface area contributed by atoms with Gasteiger partial charge < -0.3 is 14.6 Å². The molecule has 6 heteroatoms. The second-order valence-corrected chi connectivity index (χ2v) is 5.86. The van der Waals surface area contributed by atoms with Crippen LogP contribution in [0.5, 0.6) is 0 Å². The van der Waals surface area contributed by atoms with Gasteiger partial charge in [-0.2, -0.15) is 0 Å². The van der Waals surface area contributed by atoms with Gasteiger partial charge in [-0.25, -0.2) is 4.98 Å². The summed E-state index contributed by atoms with van der Waals surface area (Å²) in [7, 11) is 0. The topological polar surface area (TPSA) is 61.5 Å². The third-order valence-electron chi connectivity index (χ3n) is 4.59. The molecule has 0 aliphatic carbocycles. The molecule has 0 aromatic carbocycles. The van der Waals surface area contributed by atoms with Gasteiger partial charge in [-0.1, -0.05) is 6.92 Å². The van der Waals surface area contributed by atoms with E-state index in [0.717, 1.165) is 56.2 Å². The molecule has 1 fully saturated rings. The maximum absolute atomic E-state index is 12.8. The molecule has 2 aliphatic heterocycles. The number of hydrogen-bond acceptors (Lipinski definition) is 4. The second kappa shape index (κ2) is 6.52. The number of nitrogens with one attached hydrogen (secondary N) is 1. The minimum Gasteiger partial charge on any atom is -0.498 e. The number of piperazine rings is 1. The van der Waals surface area contributed by atoms with Crippen LogP contribution in [0.1, 0.15) is 38.6 Å². The molecule has 22 heavy (non-hydrogen) atoms. The van der Waals surface area contributed by atoms with Crippen LogP contribution < -0.4 is 0 Å². The molecule has 1 unspecified atom stereocenters. The van der Waals surface area contributed by atoms with Gasteiger partial charge in [-0.05, 0) is 26.3 Å². The smallest absolute Gasteiger partial charge is 0.253 e. The first kappa shape index (κ1) is 15.1. The number of ether oxygens (including phenoxy) is 1. The summed E-state index contributed by atoms with van der Waals surface area (Å²) >= 11 is 0. The number of hydrogen-bond donors (Lipinski definition) is 1. The van der Waals surface area contributed by atoms with Gasteiger partial charge in [0.15, 0.2) is 0 Å². The van der Waals surface area contributed by atoms with E-state index in [-0.39, 0.29) is 11.9 Å². The van der Waals surface area contributed by atoms with Crippen molar-refractivity contribution in [3.8, 4) is 0 Å². The molecule has 120 valence electrons. The first-order valence-corrected chi connectivity index (χ1v) is 8.06. The van der Waals surface area contributed by atoms with Crippen molar-refractivity contribution in [3.05, 3.63) is 29.6 Å². The Balaban J connectivity index is 1.77. The van der Waals surface area contributed by atoms with Crippen molar-refractivity contribution in [2.75, 3.05) is 32.8 Å². The van der Waals surface area contributed by atoms with Gasteiger partial charge in [0.2, 0.25) is 0 Å². The molecule has 1 N–H and O–H groups in total. The summed E-state index contributed by atoms with van der Waals surface area (Å²) in [5, 5.41) is 0. The van der Waals surface area contributed by atoms with Gasteiger partial charge in [0.05, 0.1) is 18.2 Å². The molecule has 3 rings (SSSR count). The van der Waals surface area contributed by atoms with E-state index in [9.17, 15) is 4.79 Å². The minimum absolute atomic E-state index is 0.129. The molecule has 1 atom stereocenters. The molecular formula is C16H24N4O2. The van der Waals surface area contributed by atoms with Gasteiger partial charge in [0, 0.05) is 32.0 Å². The predicted molar refractivity (Wildman–Crippen MR) is 83.0 cm³/mol. The molecule has 1 amide bonds. The normalized spacial score (nSPS) is 23.5. The van der Waals surface area contributed by atoms with Crippen LogP contribution in [0.4, 0.5) is 0 Å². The van der Waals surface area contributed by atoms with Crippen molar-refractivity contribution in [2.45, 2.75) is 32.7 Å². The second-order valence-electron chi connectivity index (χ2n) is 5.86. The Morgan fingerprint density at radius 1 is 1.50 bits per heavy atom. The SMILES string of the molecule is CCN1CCN(C(=O)C2=C(C)OCCC2)CC1c1ncc[nH]1. The number of amides is 1. The summed E-state index contributed by atoms with van der Waals surface area (Å²) < 4.78 is 5.55. The Labute approximate surface area is 131 Å². The Kier molecular flexibility index (Phi) is 4.47. The number of aromatic amines is 1. The average Bonchev–Trinajstić information content (AvgIpc) is 3.08. The van der Waals surface area contributed by atoms with Crippen LogP contribution in [-0.2, 0) is 9.53 Å². The van der Waals surface area contributed by atoms with Crippen LogP contribution in [0.2, 0.25) is 0 Å². The zero-order valence-electron chi connectivity index (χ0n) is 13.3. The van der Waals surface area contributed by atoms with Gasteiger partial charge in [0.25, 0.3) is 5.91 Å². The maximum atomic E-state index is 12.8. The Bertz CT molecular complexity index is 553. The number of aromatic nitrogens is 2. The van der Waals surface area contributed by atoms with Crippen molar-refractivity contribution in [1.29, 1.82) is 0 Å². The predicted octanol–water partition coefficient (Wildman–Crippen LogP) is 1.70. The third kappa shape index (κ3) is 2.88. The summed E-state index contributed by atoms with van der Waals surface area (Å²) in [6, 6.07) is 0.142. The molecule has 2 aliphatic rings. The number of rotatable bonds is 3. The van der Waals surface area contributed by atoms with Gasteiger partial charge in [-0.15, -0.1) is 0 Å². The molecular weight excluding hydrogens is 280 g/mol. The van der Waals surface area contributed by atoms with Crippen molar-refractivity contribution in [2.24, 2.45) is 0 Å². The average molecular weight is 304 g/mol. The monoisotopic (exact) mass is 304 g/mol. The van der Waals surface area contributed by atoms with Crippen molar-refractivity contribution < 1.29 is 9.53 Å². The molecule has 0 radical (unpaired) electrons. The zero-order chi connectivity index (χ0) is 15.5. The van der Waals surface area contributed by atoms with E-state index in [1.165, 1.54) is 0 Å². The van der Waals surface area contributed by atoms with Crippen LogP contribution in [0.15, 0.2) is 23.7 Å². The molecule has 1 aromatic rings. The number of carbonyl (C=O) groups is 1. The van der Waals surface area contributed by atoms with Crippen LogP contribution in [0.25, 0.3) is 0 Å². The highest BCUT2D eigenvalue weighted by Gasteiger charge is 2.33. The quantitative estimate of drug-likeness (QED) is 0.923. The summed E-state index contributed by atoms with van der Waals surface area (Å²) in [6.07, 6.45) is 5.36. The van der Waals surface area contributed by atoms with Gasteiger partial charge >= 0.3 is 0 Å². The number of allylic oxidation sites excluding steroid dienone is 1. The van der Waals surface area contributed by atoms with E-state index in [1.54, 1.807) is 6.20 Å². The van der Waals surface area contributed by atoms with E-state index in [0.29, 0.717) is 6.54 Å². The van der Waals surface area contributed by atoms with Crippen LogP contribution in [0.3, 0.4) is 0 Å². The van der Waals surface area contributed by atoms with Crippen molar-refractivity contribution in [1.82, 2.24) is 19.8 Å². The molecule has 0 spiro atoms. The zero-order valence-corrected chi connectivity index (χ0v) is 13.3. The van der Waals surface area contributed by atoms with Crippen LogP contribution >= 0.6 is 0 Å². The molecule has 1 saturated heterocycles. The lowest BCUT2D eigenvalue weighted by molar-refractivity contribution is -0.131. The number of nitrogens with zero attached hydrogens (tertiary/aromatic N) is 3. The van der Waals surface area contributed by atoms with E-state index in [1.807, 2.05) is 18.0 Å². The lowest BCUT2D eigenvalue weighted by atomic mass is 10.0. The fraction of sp³-hybridized carbons (Fsp3) is 0.625. The van der Waals surface area contributed by atoms with E-state index in [2.05, 4.69) is 21.8 Å². The summed E-state index contributed by atoms with van der Waals surface area (Å²) in [5.74, 6) is 1.86. The Morgan fingerprint density at radius 2 is 2.36 bits per heavy atom. The molecule has 1 aromatic heterocycles. The summed E-state index contributed by atoms with van der Waals surface area (Å²) in [4.78, 5) is 24.7. The third-order valence-corrected chi connectivity index (χ3v) is 4.59. The molecule has 0 bridgehead atoms. The number of imidazole rings is 1. The van der Waals surface area contributed by atoms with E-state index in [4.69, 9.17) is 4.74 Å². The maximum Gasteiger partial charge on any atom is 0.253 e. The van der Waals surface area contributed by atoms with E-state index >= 15 is 0 Å². The highest BCUT2D eigenvalue weighted by atomic mass is 16.5. The molecule has 6 nitrogen and oxygen atoms in total. The Hall–Kier alpha value is -1.82. The molecule has 0 saturated carbocycles. The number of likely N-dealkylation sites (N-methyl/N-ethyl adjacent to an activating group) is 1. The van der Waals surface area contributed by atoms with Gasteiger partial charge in [-0.3, -0.25) is 9.69 Å².